The molecule has 0 spiro atoms. The van der Waals surface area contributed by atoms with Crippen LogP contribution in [-0.2, 0) is 14.3 Å². The summed E-state index contributed by atoms with van der Waals surface area (Å²) in [6.45, 7) is 4.84. The molecule has 1 heterocycles. The molecule has 2 rings (SSSR count). The lowest BCUT2D eigenvalue weighted by Crippen LogP contribution is -2.43. The van der Waals surface area contributed by atoms with Gasteiger partial charge in [-0.1, -0.05) is 19.8 Å². The first kappa shape index (κ1) is 16.7. The summed E-state index contributed by atoms with van der Waals surface area (Å²) in [7, 11) is 1.68. The van der Waals surface area contributed by atoms with Gasteiger partial charge in [-0.05, 0) is 31.6 Å². The number of rotatable bonds is 9. The third-order valence-electron chi connectivity index (χ3n) is 4.66. The SMILES string of the molecule is CCC1NC(C2CCCC2)N(CCCOCCOC)C1=O. The summed E-state index contributed by atoms with van der Waals surface area (Å²) in [6, 6.07) is 0.0185. The molecule has 1 aliphatic heterocycles. The topological polar surface area (TPSA) is 50.8 Å². The van der Waals surface area contributed by atoms with Crippen molar-refractivity contribution in [3.05, 3.63) is 0 Å². The molecule has 0 bridgehead atoms. The largest absolute Gasteiger partial charge is 0.382 e. The lowest BCUT2D eigenvalue weighted by molar-refractivity contribution is -0.130. The van der Waals surface area contributed by atoms with Crippen LogP contribution in [0.15, 0.2) is 0 Å². The average molecular weight is 298 g/mol. The van der Waals surface area contributed by atoms with Gasteiger partial charge in [0.2, 0.25) is 5.91 Å². The molecule has 2 atom stereocenters. The van der Waals surface area contributed by atoms with Gasteiger partial charge in [0.25, 0.3) is 0 Å². The molecular weight excluding hydrogens is 268 g/mol. The van der Waals surface area contributed by atoms with Crippen molar-refractivity contribution >= 4 is 5.91 Å². The molecule has 5 nitrogen and oxygen atoms in total. The Hall–Kier alpha value is -0.650. The zero-order valence-electron chi connectivity index (χ0n) is 13.5. The molecule has 122 valence electrons. The summed E-state index contributed by atoms with van der Waals surface area (Å²) in [5.41, 5.74) is 0. The Morgan fingerprint density at radius 3 is 2.67 bits per heavy atom. The maximum Gasteiger partial charge on any atom is 0.241 e. The smallest absolute Gasteiger partial charge is 0.241 e. The Morgan fingerprint density at radius 2 is 2.00 bits per heavy atom. The maximum absolute atomic E-state index is 12.5. The monoisotopic (exact) mass is 298 g/mol. The van der Waals surface area contributed by atoms with Crippen molar-refractivity contribution < 1.29 is 14.3 Å². The number of methoxy groups -OCH3 is 1. The van der Waals surface area contributed by atoms with Gasteiger partial charge in [0.05, 0.1) is 25.4 Å². The summed E-state index contributed by atoms with van der Waals surface area (Å²) in [5, 5.41) is 3.56. The van der Waals surface area contributed by atoms with Crippen LogP contribution >= 0.6 is 0 Å². The summed E-state index contributed by atoms with van der Waals surface area (Å²) in [6.07, 6.45) is 7.15. The van der Waals surface area contributed by atoms with Crippen LogP contribution in [-0.4, -0.2) is 56.5 Å². The highest BCUT2D eigenvalue weighted by Crippen LogP contribution is 2.32. The number of carbonyl (C=O) groups excluding carboxylic acids is 1. The third kappa shape index (κ3) is 4.41. The predicted octanol–water partition coefficient (Wildman–Crippen LogP) is 1.77. The highest BCUT2D eigenvalue weighted by Gasteiger charge is 2.41. The molecule has 1 saturated heterocycles. The van der Waals surface area contributed by atoms with Gasteiger partial charge in [-0.25, -0.2) is 0 Å². The Bertz CT molecular complexity index is 319. The second-order valence-electron chi connectivity index (χ2n) is 6.11. The maximum atomic E-state index is 12.5. The predicted molar refractivity (Wildman–Crippen MR) is 82.0 cm³/mol. The molecule has 21 heavy (non-hydrogen) atoms. The van der Waals surface area contributed by atoms with E-state index in [2.05, 4.69) is 17.1 Å². The van der Waals surface area contributed by atoms with Crippen LogP contribution in [0.2, 0.25) is 0 Å². The number of nitrogens with zero attached hydrogens (tertiary/aromatic N) is 1. The fourth-order valence-electron chi connectivity index (χ4n) is 3.49. The van der Waals surface area contributed by atoms with Crippen molar-refractivity contribution in [3.8, 4) is 0 Å². The Morgan fingerprint density at radius 1 is 1.24 bits per heavy atom. The first-order chi connectivity index (χ1) is 10.3. The zero-order chi connectivity index (χ0) is 15.1. The molecule has 1 amide bonds. The number of hydrogen-bond acceptors (Lipinski definition) is 4. The standard InChI is InChI=1S/C16H30N2O3/c1-3-14-16(19)18(9-6-10-21-12-11-20-2)15(17-14)13-7-4-5-8-13/h13-15,17H,3-12H2,1-2H3. The van der Waals surface area contributed by atoms with Crippen LogP contribution in [0.1, 0.15) is 45.4 Å². The number of hydrogen-bond donors (Lipinski definition) is 1. The normalized spacial score (nSPS) is 27.0. The van der Waals surface area contributed by atoms with Gasteiger partial charge >= 0.3 is 0 Å². The van der Waals surface area contributed by atoms with Gasteiger partial charge in [-0.2, -0.15) is 0 Å². The zero-order valence-corrected chi connectivity index (χ0v) is 13.5. The summed E-state index contributed by atoms with van der Waals surface area (Å²) in [5.74, 6) is 0.922. The fourth-order valence-corrected chi connectivity index (χ4v) is 3.49. The molecule has 1 saturated carbocycles. The molecule has 2 unspecified atom stereocenters. The molecule has 1 N–H and O–H groups in total. The van der Waals surface area contributed by atoms with Gasteiger partial charge in [-0.15, -0.1) is 0 Å². The van der Waals surface area contributed by atoms with E-state index in [1.807, 2.05) is 0 Å². The highest BCUT2D eigenvalue weighted by molar-refractivity contribution is 5.84. The minimum absolute atomic E-state index is 0.0185. The molecule has 0 aromatic carbocycles. The minimum Gasteiger partial charge on any atom is -0.382 e. The van der Waals surface area contributed by atoms with Crippen LogP contribution in [0, 0.1) is 5.92 Å². The van der Waals surface area contributed by atoms with Crippen LogP contribution in [0.5, 0.6) is 0 Å². The Labute approximate surface area is 128 Å². The average Bonchev–Trinajstić information content (AvgIpc) is 3.11. The number of carbonyl (C=O) groups is 1. The minimum atomic E-state index is 0.0185. The molecule has 2 fully saturated rings. The first-order valence-corrected chi connectivity index (χ1v) is 8.41. The van der Waals surface area contributed by atoms with E-state index in [0.29, 0.717) is 25.7 Å². The second-order valence-corrected chi connectivity index (χ2v) is 6.11. The van der Waals surface area contributed by atoms with Gasteiger partial charge < -0.3 is 14.4 Å². The summed E-state index contributed by atoms with van der Waals surface area (Å²) in [4.78, 5) is 14.5. The number of amides is 1. The lowest BCUT2D eigenvalue weighted by atomic mass is 10.0. The summed E-state index contributed by atoms with van der Waals surface area (Å²) < 4.78 is 10.5. The highest BCUT2D eigenvalue weighted by atomic mass is 16.5. The Kier molecular flexibility index (Phi) is 6.93. The first-order valence-electron chi connectivity index (χ1n) is 8.41. The van der Waals surface area contributed by atoms with E-state index in [1.54, 1.807) is 7.11 Å². The lowest BCUT2D eigenvalue weighted by Gasteiger charge is -2.29. The number of ether oxygens (including phenoxy) is 2. The fraction of sp³-hybridized carbons (Fsp3) is 0.938. The van der Waals surface area contributed by atoms with Gasteiger partial charge in [0, 0.05) is 20.3 Å². The van der Waals surface area contributed by atoms with E-state index < -0.39 is 0 Å². The van der Waals surface area contributed by atoms with Crippen LogP contribution < -0.4 is 5.32 Å². The van der Waals surface area contributed by atoms with E-state index in [4.69, 9.17) is 9.47 Å². The van der Waals surface area contributed by atoms with E-state index in [1.165, 1.54) is 25.7 Å². The van der Waals surface area contributed by atoms with Crippen LogP contribution in [0.3, 0.4) is 0 Å². The Balaban J connectivity index is 1.80. The van der Waals surface area contributed by atoms with E-state index in [-0.39, 0.29) is 18.1 Å². The molecule has 1 aliphatic carbocycles. The molecule has 0 aromatic rings. The van der Waals surface area contributed by atoms with Crippen molar-refractivity contribution in [2.45, 2.75) is 57.7 Å². The molecule has 5 heteroatoms. The van der Waals surface area contributed by atoms with Crippen molar-refractivity contribution in [1.29, 1.82) is 0 Å². The number of nitrogens with one attached hydrogen (secondary N) is 1. The van der Waals surface area contributed by atoms with Crippen LogP contribution in [0.25, 0.3) is 0 Å². The van der Waals surface area contributed by atoms with Crippen LogP contribution in [0.4, 0.5) is 0 Å². The van der Waals surface area contributed by atoms with Crippen molar-refractivity contribution in [2.24, 2.45) is 5.92 Å². The van der Waals surface area contributed by atoms with Crippen molar-refractivity contribution in [3.63, 3.8) is 0 Å². The van der Waals surface area contributed by atoms with Crippen molar-refractivity contribution in [2.75, 3.05) is 33.5 Å². The molecule has 0 radical (unpaired) electrons. The second kappa shape index (κ2) is 8.71. The quantitative estimate of drug-likeness (QED) is 0.659. The van der Waals surface area contributed by atoms with Gasteiger partial charge in [0.15, 0.2) is 0 Å². The van der Waals surface area contributed by atoms with E-state index >= 15 is 0 Å². The molecule has 2 aliphatic rings. The molecular formula is C16H30N2O3. The van der Waals surface area contributed by atoms with Gasteiger partial charge in [0.1, 0.15) is 0 Å². The van der Waals surface area contributed by atoms with Crippen molar-refractivity contribution in [1.82, 2.24) is 10.2 Å². The van der Waals surface area contributed by atoms with E-state index in [0.717, 1.165) is 19.4 Å². The third-order valence-corrected chi connectivity index (χ3v) is 4.66. The summed E-state index contributed by atoms with van der Waals surface area (Å²) >= 11 is 0. The molecule has 0 aromatic heterocycles. The van der Waals surface area contributed by atoms with E-state index in [9.17, 15) is 4.79 Å². The van der Waals surface area contributed by atoms with Gasteiger partial charge in [-0.3, -0.25) is 10.1 Å².